The highest BCUT2D eigenvalue weighted by molar-refractivity contribution is 5.74. The quantitative estimate of drug-likeness (QED) is 0.895. The molecule has 132 valence electrons. The molecule has 4 rings (SSSR count). The number of benzene rings is 1. The third-order valence-corrected chi connectivity index (χ3v) is 5.07. The van der Waals surface area contributed by atoms with E-state index in [1.54, 1.807) is 0 Å². The molecular weight excluding hydrogens is 316 g/mol. The summed E-state index contributed by atoms with van der Waals surface area (Å²) in [5, 5.41) is 22.8. The molecule has 1 fully saturated rings. The Hall–Kier alpha value is -2.34. The molecule has 0 unspecified atom stereocenters. The van der Waals surface area contributed by atoms with Crippen molar-refractivity contribution in [1.29, 1.82) is 0 Å². The van der Waals surface area contributed by atoms with Crippen molar-refractivity contribution in [1.82, 2.24) is 15.1 Å². The Morgan fingerprint density at radius 2 is 2.20 bits per heavy atom. The number of aromatic nitrogens is 2. The van der Waals surface area contributed by atoms with Crippen LogP contribution in [-0.4, -0.2) is 53.0 Å². The molecule has 0 aliphatic carbocycles. The number of aryl methyl sites for hydroxylation is 1. The second-order valence-electron chi connectivity index (χ2n) is 7.04. The van der Waals surface area contributed by atoms with Gasteiger partial charge in [0.1, 0.15) is 17.3 Å². The normalized spacial score (nSPS) is 20.2. The van der Waals surface area contributed by atoms with Gasteiger partial charge in [-0.2, -0.15) is 0 Å². The molecule has 1 aromatic carbocycles. The summed E-state index contributed by atoms with van der Waals surface area (Å²) in [7, 11) is 2.15. The summed E-state index contributed by atoms with van der Waals surface area (Å²) in [4.78, 5) is 2.33. The van der Waals surface area contributed by atoms with Gasteiger partial charge in [0.15, 0.2) is 0 Å². The van der Waals surface area contributed by atoms with E-state index < -0.39 is 0 Å². The summed E-state index contributed by atoms with van der Waals surface area (Å²) in [6.45, 7) is 4.80. The highest BCUT2D eigenvalue weighted by atomic mass is 16.5. The van der Waals surface area contributed by atoms with E-state index in [1.807, 2.05) is 25.1 Å². The zero-order chi connectivity index (χ0) is 17.4. The molecule has 2 aliphatic heterocycles. The van der Waals surface area contributed by atoms with Crippen molar-refractivity contribution < 1.29 is 9.84 Å². The monoisotopic (exact) mass is 340 g/mol. The smallest absolute Gasteiger partial charge is 0.149 e. The van der Waals surface area contributed by atoms with Crippen molar-refractivity contribution in [2.45, 2.75) is 32.2 Å². The lowest BCUT2D eigenvalue weighted by atomic mass is 10.0. The second kappa shape index (κ2) is 6.52. The van der Waals surface area contributed by atoms with Crippen LogP contribution in [0.4, 0.5) is 5.82 Å². The number of fused-ring (bicyclic) bond motifs is 1. The number of phenolic OH excluding ortho intramolecular Hbond substituents is 1. The number of nitrogens with one attached hydrogen (secondary N) is 1. The zero-order valence-electron chi connectivity index (χ0n) is 14.7. The average Bonchev–Trinajstić information content (AvgIpc) is 3.06. The molecule has 1 saturated heterocycles. The van der Waals surface area contributed by atoms with Crippen LogP contribution < -0.4 is 10.1 Å². The fourth-order valence-electron chi connectivity index (χ4n) is 3.76. The Morgan fingerprint density at radius 1 is 1.32 bits per heavy atom. The van der Waals surface area contributed by atoms with Crippen LogP contribution >= 0.6 is 0 Å². The second-order valence-corrected chi connectivity index (χ2v) is 7.04. The van der Waals surface area contributed by atoms with Crippen LogP contribution in [0.25, 0.3) is 11.3 Å². The van der Waals surface area contributed by atoms with Gasteiger partial charge in [-0.05, 0) is 57.1 Å². The molecule has 0 spiro atoms. The lowest BCUT2D eigenvalue weighted by Crippen LogP contribution is -2.39. The molecule has 0 saturated carbocycles. The largest absolute Gasteiger partial charge is 0.507 e. The molecule has 1 atom stereocenters. The van der Waals surface area contributed by atoms with Crippen LogP contribution in [0.15, 0.2) is 18.2 Å². The summed E-state index contributed by atoms with van der Waals surface area (Å²) < 4.78 is 5.50. The van der Waals surface area contributed by atoms with E-state index in [9.17, 15) is 5.11 Å². The third kappa shape index (κ3) is 3.14. The van der Waals surface area contributed by atoms with Crippen LogP contribution in [0.1, 0.15) is 24.0 Å². The lowest BCUT2D eigenvalue weighted by Gasteiger charge is -2.30. The fourth-order valence-corrected chi connectivity index (χ4v) is 3.76. The standard InChI is InChI=1S/C19H24N4O2/c1-12-10-17(20-13-4-3-8-23(2)11-13)21-22-18(12)15-5-6-16-14(19(15)24)7-9-25-16/h5-6,10,13,24H,3-4,7-9,11H2,1-2H3,(H,20,21)/t13-/m1/s1. The van der Waals surface area contributed by atoms with Gasteiger partial charge in [-0.3, -0.25) is 0 Å². The summed E-state index contributed by atoms with van der Waals surface area (Å²) in [5.41, 5.74) is 3.30. The number of hydrogen-bond acceptors (Lipinski definition) is 6. The summed E-state index contributed by atoms with van der Waals surface area (Å²) in [6, 6.07) is 6.19. The first-order valence-corrected chi connectivity index (χ1v) is 8.89. The first kappa shape index (κ1) is 16.1. The number of ether oxygens (including phenoxy) is 1. The van der Waals surface area contributed by atoms with E-state index in [0.717, 1.165) is 59.9 Å². The van der Waals surface area contributed by atoms with Gasteiger partial charge < -0.3 is 20.1 Å². The van der Waals surface area contributed by atoms with Crippen molar-refractivity contribution >= 4 is 5.82 Å². The van der Waals surface area contributed by atoms with E-state index in [4.69, 9.17) is 4.74 Å². The van der Waals surface area contributed by atoms with E-state index >= 15 is 0 Å². The van der Waals surface area contributed by atoms with Crippen LogP contribution in [0, 0.1) is 6.92 Å². The minimum absolute atomic E-state index is 0.266. The first-order valence-electron chi connectivity index (χ1n) is 8.89. The predicted molar refractivity (Wildman–Crippen MR) is 97.2 cm³/mol. The molecule has 0 bridgehead atoms. The van der Waals surface area contributed by atoms with Gasteiger partial charge >= 0.3 is 0 Å². The van der Waals surface area contributed by atoms with E-state index in [1.165, 1.54) is 6.42 Å². The molecule has 25 heavy (non-hydrogen) atoms. The Morgan fingerprint density at radius 3 is 3.00 bits per heavy atom. The third-order valence-electron chi connectivity index (χ3n) is 5.07. The van der Waals surface area contributed by atoms with Crippen LogP contribution in [-0.2, 0) is 6.42 Å². The molecule has 2 aliphatic rings. The van der Waals surface area contributed by atoms with Crippen molar-refractivity contribution in [2.24, 2.45) is 0 Å². The molecular formula is C19H24N4O2. The number of piperidine rings is 1. The zero-order valence-corrected chi connectivity index (χ0v) is 14.7. The maximum atomic E-state index is 10.6. The Labute approximate surface area is 147 Å². The van der Waals surface area contributed by atoms with Gasteiger partial charge in [-0.25, -0.2) is 0 Å². The number of phenols is 1. The number of likely N-dealkylation sites (tertiary alicyclic amines) is 1. The molecule has 2 aromatic rings. The van der Waals surface area contributed by atoms with E-state index in [2.05, 4.69) is 27.5 Å². The highest BCUT2D eigenvalue weighted by Crippen LogP contribution is 2.40. The summed E-state index contributed by atoms with van der Waals surface area (Å²) >= 11 is 0. The van der Waals surface area contributed by atoms with Crippen molar-refractivity contribution in [2.75, 3.05) is 32.1 Å². The minimum atomic E-state index is 0.266. The summed E-state index contributed by atoms with van der Waals surface area (Å²) in [5.74, 6) is 1.83. The molecule has 6 nitrogen and oxygen atoms in total. The number of nitrogens with zero attached hydrogens (tertiary/aromatic N) is 3. The fraction of sp³-hybridized carbons (Fsp3) is 0.474. The van der Waals surface area contributed by atoms with Gasteiger partial charge in [-0.1, -0.05) is 0 Å². The van der Waals surface area contributed by atoms with Crippen molar-refractivity contribution in [3.8, 4) is 22.8 Å². The Bertz CT molecular complexity index is 793. The SMILES string of the molecule is Cc1cc(N[C@@H]2CCCN(C)C2)nnc1-c1ccc2c(c1O)CCO2. The minimum Gasteiger partial charge on any atom is -0.507 e. The maximum absolute atomic E-state index is 10.6. The summed E-state index contributed by atoms with van der Waals surface area (Å²) in [6.07, 6.45) is 3.08. The molecule has 0 radical (unpaired) electrons. The number of aromatic hydroxyl groups is 1. The van der Waals surface area contributed by atoms with Gasteiger partial charge in [0.2, 0.25) is 0 Å². The number of rotatable bonds is 3. The van der Waals surface area contributed by atoms with E-state index in [0.29, 0.717) is 12.6 Å². The van der Waals surface area contributed by atoms with Gasteiger partial charge in [0.05, 0.1) is 12.3 Å². The highest BCUT2D eigenvalue weighted by Gasteiger charge is 2.22. The Kier molecular flexibility index (Phi) is 4.21. The van der Waals surface area contributed by atoms with Crippen molar-refractivity contribution in [3.63, 3.8) is 0 Å². The average molecular weight is 340 g/mol. The van der Waals surface area contributed by atoms with Crippen LogP contribution in [0.5, 0.6) is 11.5 Å². The molecule has 6 heteroatoms. The first-order chi connectivity index (χ1) is 12.1. The number of likely N-dealkylation sites (N-methyl/N-ethyl adjacent to an activating group) is 1. The van der Waals surface area contributed by atoms with Gasteiger partial charge in [0.25, 0.3) is 0 Å². The predicted octanol–water partition coefficient (Wildman–Crippen LogP) is 2.60. The van der Waals surface area contributed by atoms with Crippen LogP contribution in [0.2, 0.25) is 0 Å². The van der Waals surface area contributed by atoms with Gasteiger partial charge in [0, 0.05) is 30.1 Å². The molecule has 3 heterocycles. The molecule has 0 amide bonds. The Balaban J connectivity index is 1.58. The lowest BCUT2D eigenvalue weighted by molar-refractivity contribution is 0.260. The van der Waals surface area contributed by atoms with Gasteiger partial charge in [-0.15, -0.1) is 10.2 Å². The number of hydrogen-bond donors (Lipinski definition) is 2. The molecule has 2 N–H and O–H groups in total. The molecule has 1 aromatic heterocycles. The number of anilines is 1. The topological polar surface area (TPSA) is 70.5 Å². The van der Waals surface area contributed by atoms with E-state index in [-0.39, 0.29) is 5.75 Å². The van der Waals surface area contributed by atoms with Crippen molar-refractivity contribution in [3.05, 3.63) is 29.3 Å². The maximum Gasteiger partial charge on any atom is 0.149 e. The van der Waals surface area contributed by atoms with Crippen LogP contribution in [0.3, 0.4) is 0 Å².